The van der Waals surface area contributed by atoms with Gasteiger partial charge in [0.1, 0.15) is 5.76 Å². The van der Waals surface area contributed by atoms with Crippen molar-refractivity contribution in [3.63, 3.8) is 0 Å². The van der Waals surface area contributed by atoms with E-state index < -0.39 is 0 Å². The van der Waals surface area contributed by atoms with Gasteiger partial charge in [0.25, 0.3) is 0 Å². The van der Waals surface area contributed by atoms with E-state index in [9.17, 15) is 9.59 Å². The molecule has 0 atom stereocenters. The first-order chi connectivity index (χ1) is 17.7. The average molecular weight is 481 g/mol. The number of carbonyl (C=O) groups excluding carboxylic acids is 2. The molecule has 1 aliphatic rings. The van der Waals surface area contributed by atoms with E-state index in [-0.39, 0.29) is 24.7 Å². The number of anilines is 1. The van der Waals surface area contributed by atoms with E-state index in [1.54, 1.807) is 24.5 Å². The molecule has 2 heterocycles. The highest BCUT2D eigenvalue weighted by Crippen LogP contribution is 2.30. The summed E-state index contributed by atoms with van der Waals surface area (Å²) in [5.41, 5.74) is 5.03. The highest BCUT2D eigenvalue weighted by atomic mass is 16.5. The van der Waals surface area contributed by atoms with Gasteiger partial charge in [0.15, 0.2) is 5.78 Å². The summed E-state index contributed by atoms with van der Waals surface area (Å²) in [5.74, 6) is 0.482. The largest absolute Gasteiger partial charge is 0.464 e. The topological polar surface area (TPSA) is 71.8 Å². The third-order valence-electron chi connectivity index (χ3n) is 6.30. The zero-order chi connectivity index (χ0) is 24.7. The van der Waals surface area contributed by atoms with E-state index in [1.807, 2.05) is 54.6 Å². The Morgan fingerprint density at radius 2 is 1.58 bits per heavy atom. The summed E-state index contributed by atoms with van der Waals surface area (Å²) in [6.07, 6.45) is 1.86. The summed E-state index contributed by atoms with van der Waals surface area (Å²) in [7, 11) is 0. The SMILES string of the molecule is O=C(CN1CCOCC1)Nc1cc(C(=O)Cc2ccc(-c3ccccc3)cc2)ccc1-c1ccco1. The molecule has 1 saturated heterocycles. The Kier molecular flexibility index (Phi) is 7.36. The number of amides is 1. The summed E-state index contributed by atoms with van der Waals surface area (Å²) in [5, 5.41) is 3.00. The number of hydrogen-bond acceptors (Lipinski definition) is 5. The van der Waals surface area contributed by atoms with Crippen LogP contribution in [-0.2, 0) is 16.0 Å². The van der Waals surface area contributed by atoms with Gasteiger partial charge < -0.3 is 14.5 Å². The molecule has 1 aliphatic heterocycles. The first-order valence-electron chi connectivity index (χ1n) is 12.1. The van der Waals surface area contributed by atoms with Crippen molar-refractivity contribution in [3.8, 4) is 22.5 Å². The minimum Gasteiger partial charge on any atom is -0.464 e. The molecule has 36 heavy (non-hydrogen) atoms. The standard InChI is InChI=1S/C30H28N2O4/c33-28(19-22-8-10-24(11-9-22)23-5-2-1-3-6-23)25-12-13-26(29-7-4-16-36-29)27(20-25)31-30(34)21-32-14-17-35-18-15-32/h1-13,16,20H,14-15,17-19,21H2,(H,31,34). The van der Waals surface area contributed by atoms with Crippen molar-refractivity contribution >= 4 is 17.4 Å². The maximum absolute atomic E-state index is 13.2. The van der Waals surface area contributed by atoms with Crippen LogP contribution in [0.4, 0.5) is 5.69 Å². The lowest BCUT2D eigenvalue weighted by Gasteiger charge is -2.26. The maximum Gasteiger partial charge on any atom is 0.238 e. The molecule has 5 rings (SSSR count). The lowest BCUT2D eigenvalue weighted by molar-refractivity contribution is -0.118. The van der Waals surface area contributed by atoms with Gasteiger partial charge in [-0.1, -0.05) is 60.7 Å². The number of hydrogen-bond donors (Lipinski definition) is 1. The fourth-order valence-electron chi connectivity index (χ4n) is 4.35. The molecule has 0 spiro atoms. The van der Waals surface area contributed by atoms with Crippen molar-refractivity contribution < 1.29 is 18.7 Å². The zero-order valence-corrected chi connectivity index (χ0v) is 20.0. The first-order valence-corrected chi connectivity index (χ1v) is 12.1. The van der Waals surface area contributed by atoms with E-state index in [2.05, 4.69) is 22.3 Å². The molecule has 4 aromatic rings. The molecular formula is C30H28N2O4. The lowest BCUT2D eigenvalue weighted by Crippen LogP contribution is -2.41. The fraction of sp³-hybridized carbons (Fsp3) is 0.200. The van der Waals surface area contributed by atoms with Crippen molar-refractivity contribution in [3.05, 3.63) is 102 Å². The quantitative estimate of drug-likeness (QED) is 0.346. The molecule has 0 unspecified atom stereocenters. The van der Waals surface area contributed by atoms with Gasteiger partial charge in [-0.05, 0) is 41.0 Å². The van der Waals surface area contributed by atoms with Gasteiger partial charge >= 0.3 is 0 Å². The average Bonchev–Trinajstić information content (AvgIpc) is 3.45. The number of benzene rings is 3. The number of ether oxygens (including phenoxy) is 1. The number of carbonyl (C=O) groups is 2. The molecule has 1 N–H and O–H groups in total. The Labute approximate surface area is 210 Å². The highest BCUT2D eigenvalue weighted by Gasteiger charge is 2.18. The van der Waals surface area contributed by atoms with Crippen LogP contribution in [-0.4, -0.2) is 49.4 Å². The van der Waals surface area contributed by atoms with Gasteiger partial charge in [-0.3, -0.25) is 14.5 Å². The summed E-state index contributed by atoms with van der Waals surface area (Å²) in [6.45, 7) is 2.97. The number of morpholine rings is 1. The van der Waals surface area contributed by atoms with Crippen molar-refractivity contribution in [1.29, 1.82) is 0 Å². The molecule has 6 heteroatoms. The van der Waals surface area contributed by atoms with Gasteiger partial charge in [-0.25, -0.2) is 0 Å². The number of rotatable bonds is 8. The van der Waals surface area contributed by atoms with Crippen molar-refractivity contribution in [2.75, 3.05) is 38.2 Å². The summed E-state index contributed by atoms with van der Waals surface area (Å²) >= 11 is 0. The smallest absolute Gasteiger partial charge is 0.238 e. The predicted octanol–water partition coefficient (Wildman–Crippen LogP) is 5.31. The van der Waals surface area contributed by atoms with Crippen LogP contribution in [0.25, 0.3) is 22.5 Å². The fourth-order valence-corrected chi connectivity index (χ4v) is 4.35. The molecule has 1 fully saturated rings. The molecule has 1 aromatic heterocycles. The van der Waals surface area contributed by atoms with Crippen LogP contribution in [0, 0.1) is 0 Å². The third kappa shape index (κ3) is 5.79. The predicted molar refractivity (Wildman–Crippen MR) is 140 cm³/mol. The van der Waals surface area contributed by atoms with Crippen LogP contribution >= 0.6 is 0 Å². The van der Waals surface area contributed by atoms with Gasteiger partial charge in [0.05, 0.1) is 31.7 Å². The van der Waals surface area contributed by atoms with Gasteiger partial charge in [-0.15, -0.1) is 0 Å². The summed E-state index contributed by atoms with van der Waals surface area (Å²) in [4.78, 5) is 28.0. The number of nitrogens with zero attached hydrogens (tertiary/aromatic N) is 1. The second kappa shape index (κ2) is 11.2. The molecule has 0 saturated carbocycles. The van der Waals surface area contributed by atoms with Crippen LogP contribution in [0.2, 0.25) is 0 Å². The van der Waals surface area contributed by atoms with E-state index in [0.29, 0.717) is 30.2 Å². The molecule has 0 bridgehead atoms. The van der Waals surface area contributed by atoms with Gasteiger partial charge in [0, 0.05) is 30.6 Å². The zero-order valence-electron chi connectivity index (χ0n) is 20.0. The van der Waals surface area contributed by atoms with Crippen LogP contribution in [0.15, 0.2) is 95.6 Å². The van der Waals surface area contributed by atoms with E-state index in [1.165, 1.54) is 0 Å². The molecule has 6 nitrogen and oxygen atoms in total. The minimum atomic E-state index is -0.134. The Morgan fingerprint density at radius 1 is 0.833 bits per heavy atom. The Morgan fingerprint density at radius 3 is 2.31 bits per heavy atom. The Hall–Kier alpha value is -4.00. The van der Waals surface area contributed by atoms with Crippen LogP contribution in [0.5, 0.6) is 0 Å². The number of nitrogens with one attached hydrogen (secondary N) is 1. The summed E-state index contributed by atoms with van der Waals surface area (Å²) in [6, 6.07) is 27.2. The molecule has 1 amide bonds. The highest BCUT2D eigenvalue weighted by molar-refractivity contribution is 6.02. The Bertz CT molecular complexity index is 1310. The number of ketones is 1. The monoisotopic (exact) mass is 480 g/mol. The van der Waals surface area contributed by atoms with E-state index in [0.717, 1.165) is 35.3 Å². The Balaban J connectivity index is 1.32. The normalized spacial score (nSPS) is 13.9. The van der Waals surface area contributed by atoms with Crippen LogP contribution in [0.3, 0.4) is 0 Å². The minimum absolute atomic E-state index is 0.0165. The molecule has 182 valence electrons. The number of furan rings is 1. The first kappa shape index (κ1) is 23.7. The second-order valence-electron chi connectivity index (χ2n) is 8.84. The van der Waals surface area contributed by atoms with Crippen LogP contribution < -0.4 is 5.32 Å². The number of Topliss-reactive ketones (excluding diaryl/α,β-unsaturated/α-hetero) is 1. The second-order valence-corrected chi connectivity index (χ2v) is 8.84. The molecule has 0 radical (unpaired) electrons. The molecule has 3 aromatic carbocycles. The van der Waals surface area contributed by atoms with E-state index in [4.69, 9.17) is 9.15 Å². The van der Waals surface area contributed by atoms with Gasteiger partial charge in [-0.2, -0.15) is 0 Å². The van der Waals surface area contributed by atoms with Crippen molar-refractivity contribution in [2.24, 2.45) is 0 Å². The maximum atomic E-state index is 13.2. The lowest BCUT2D eigenvalue weighted by atomic mass is 9.98. The third-order valence-corrected chi connectivity index (χ3v) is 6.30. The van der Waals surface area contributed by atoms with E-state index >= 15 is 0 Å². The van der Waals surface area contributed by atoms with Gasteiger partial charge in [0.2, 0.25) is 5.91 Å². The summed E-state index contributed by atoms with van der Waals surface area (Å²) < 4.78 is 10.9. The van der Waals surface area contributed by atoms with Crippen LogP contribution in [0.1, 0.15) is 15.9 Å². The molecular weight excluding hydrogens is 452 g/mol. The van der Waals surface area contributed by atoms with Crippen molar-refractivity contribution in [2.45, 2.75) is 6.42 Å². The molecule has 0 aliphatic carbocycles. The van der Waals surface area contributed by atoms with Crippen molar-refractivity contribution in [1.82, 2.24) is 4.90 Å².